The summed E-state index contributed by atoms with van der Waals surface area (Å²) in [5, 5.41) is 9.32. The van der Waals surface area contributed by atoms with Gasteiger partial charge in [-0.15, -0.1) is 27.9 Å². The van der Waals surface area contributed by atoms with Gasteiger partial charge in [0.05, 0.1) is 18.8 Å². The van der Waals surface area contributed by atoms with Crippen LogP contribution in [0.15, 0.2) is 0 Å². The number of methoxy groups -OCH3 is 1. The van der Waals surface area contributed by atoms with Crippen molar-refractivity contribution < 1.29 is 139 Å². The van der Waals surface area contributed by atoms with Gasteiger partial charge < -0.3 is 24.7 Å². The Hall–Kier alpha value is 2.42. The van der Waals surface area contributed by atoms with E-state index in [-0.39, 0.29) is 118 Å². The third-order valence-electron chi connectivity index (χ3n) is 0.813. The van der Waals surface area contributed by atoms with Crippen molar-refractivity contribution >= 4 is 56.3 Å². The van der Waals surface area contributed by atoms with E-state index in [0.717, 1.165) is 7.11 Å². The molecule has 0 bridgehead atoms. The van der Waals surface area contributed by atoms with E-state index in [4.69, 9.17) is 0 Å². The number of carboxylic acids is 1. The molecule has 22 heavy (non-hydrogen) atoms. The molecule has 0 amide bonds. The van der Waals surface area contributed by atoms with Crippen molar-refractivity contribution in [1.29, 1.82) is 0 Å². The molecule has 118 valence electrons. The molecule has 17 heteroatoms. The number of hydrogen-bond donors (Lipinski definition) is 0. The van der Waals surface area contributed by atoms with Gasteiger partial charge in [-0.1, -0.05) is 0 Å². The molecule has 10 nitrogen and oxygen atoms in total. The van der Waals surface area contributed by atoms with Crippen LogP contribution in [0.4, 0.5) is 3.89 Å². The summed E-state index contributed by atoms with van der Waals surface area (Å²) in [4.78, 5) is 19.3. The van der Waals surface area contributed by atoms with E-state index >= 15 is 0 Å². The number of rotatable bonds is 4. The maximum absolute atomic E-state index is 11.5. The van der Waals surface area contributed by atoms with Crippen molar-refractivity contribution in [3.8, 4) is 0 Å². The van der Waals surface area contributed by atoms with Crippen molar-refractivity contribution in [2.75, 3.05) is 18.6 Å². The number of aliphatic carboxylic acids is 1. The summed E-state index contributed by atoms with van der Waals surface area (Å²) in [6.07, 6.45) is 0. The molecular weight excluding hydrogens is 499 g/mol. The summed E-state index contributed by atoms with van der Waals surface area (Å²) in [6.45, 7) is 0. The monoisotopic (exact) mass is 508 g/mol. The topological polar surface area (TPSA) is 188 Å². The second kappa shape index (κ2) is 21.5. The standard InChI is InChI=1S/C3H5FO4S.C2H4O5S.HI.3Na.H2O/c1-8-3(5)2-9(4,6)7;3-2(4)1-8(5,6)7;;;;;/h2H2,1H3;1H2,(H,3,4)(H,5,6,7);1H;;;;1H2/q;;;3*+1;/p-3. The molecule has 0 spiro atoms. The van der Waals surface area contributed by atoms with Crippen LogP contribution in [0.25, 0.3) is 0 Å². The molecule has 0 rings (SSSR count). The summed E-state index contributed by atoms with van der Waals surface area (Å²) in [6, 6.07) is 0. The van der Waals surface area contributed by atoms with Crippen LogP contribution < -0.4 is 93.8 Å². The summed E-state index contributed by atoms with van der Waals surface area (Å²) in [5.41, 5.74) is 0. The molecule has 0 aromatic carbocycles. The minimum absolute atomic E-state index is 0. The van der Waals surface area contributed by atoms with Crippen LogP contribution in [0.3, 0.4) is 0 Å². The van der Waals surface area contributed by atoms with Crippen LogP contribution in [0, 0.1) is 0 Å². The third kappa shape index (κ3) is 49.5. The van der Waals surface area contributed by atoms with E-state index in [9.17, 15) is 40.0 Å². The van der Waals surface area contributed by atoms with Crippen LogP contribution in [0.1, 0.15) is 0 Å². The molecule has 0 aromatic heterocycles. The summed E-state index contributed by atoms with van der Waals surface area (Å²) < 4.78 is 63.0. The molecule has 0 radical (unpaired) electrons. The Balaban J connectivity index is -0.0000000335. The van der Waals surface area contributed by atoms with E-state index in [1.165, 1.54) is 0 Å². The van der Waals surface area contributed by atoms with Crippen molar-refractivity contribution in [1.82, 2.24) is 0 Å². The van der Waals surface area contributed by atoms with Gasteiger partial charge in [-0.25, -0.2) is 8.42 Å². The Labute approximate surface area is 210 Å². The summed E-state index contributed by atoms with van der Waals surface area (Å²) >= 11 is 0. The van der Waals surface area contributed by atoms with E-state index < -0.39 is 43.8 Å². The number of carbonyl (C=O) groups excluding carboxylic acids is 2. The third-order valence-corrected chi connectivity index (χ3v) is 1.98. The van der Waals surface area contributed by atoms with E-state index in [2.05, 4.69) is 4.74 Å². The van der Waals surface area contributed by atoms with E-state index in [0.29, 0.717) is 0 Å². The number of halogens is 2. The first-order valence-corrected chi connectivity index (χ1v) is 6.63. The molecule has 0 atom stereocenters. The van der Waals surface area contributed by atoms with Gasteiger partial charge in [-0.05, 0) is 0 Å². The predicted octanol–water partition coefficient (Wildman–Crippen LogP) is -11.8. The first-order valence-electron chi connectivity index (χ1n) is 3.50. The fraction of sp³-hybridized carbons (Fsp3) is 0.600. The SMILES string of the molecule is COC(=O)CS(=O)(=O)F.I.O=C([O-])CS(=O)(=O)[O-].[Na+].[Na+].[Na+].[OH-]. The number of hydrogen-bond acceptors (Lipinski definition) is 10. The average molecular weight is 508 g/mol. The zero-order chi connectivity index (χ0) is 14.3. The normalized spacial score (nSPS) is 8.50. The van der Waals surface area contributed by atoms with Gasteiger partial charge in [0.25, 0.3) is 0 Å². The minimum atomic E-state index is -4.71. The molecule has 1 N–H and O–H groups in total. The van der Waals surface area contributed by atoms with Crippen LogP contribution >= 0.6 is 24.0 Å². The predicted molar refractivity (Wildman–Crippen MR) is 63.8 cm³/mol. The van der Waals surface area contributed by atoms with Gasteiger partial charge in [-0.3, -0.25) is 4.79 Å². The Kier molecular flexibility index (Phi) is 43.1. The van der Waals surface area contributed by atoms with Crippen LogP contribution in [-0.2, 0) is 34.7 Å². The Morgan fingerprint density at radius 1 is 1.05 bits per heavy atom. The molecule has 0 aromatic rings. The molecule has 0 fully saturated rings. The van der Waals surface area contributed by atoms with Crippen LogP contribution in [0.5, 0.6) is 0 Å². The molecule has 0 aliphatic rings. The van der Waals surface area contributed by atoms with Gasteiger partial charge in [0.15, 0.2) is 5.75 Å². The fourth-order valence-corrected chi connectivity index (χ4v) is 1.03. The second-order valence-electron chi connectivity index (χ2n) is 2.33. The maximum atomic E-state index is 11.5. The number of carbonyl (C=O) groups is 2. The van der Waals surface area contributed by atoms with E-state index in [1.54, 1.807) is 0 Å². The number of ether oxygens (including phenoxy) is 1. The first kappa shape index (κ1) is 44.1. The van der Waals surface area contributed by atoms with E-state index in [1.807, 2.05) is 0 Å². The summed E-state index contributed by atoms with van der Waals surface area (Å²) in [5.74, 6) is -5.63. The van der Waals surface area contributed by atoms with Gasteiger partial charge in [-0.2, -0.15) is 8.42 Å². The molecule has 0 heterocycles. The largest absolute Gasteiger partial charge is 1.00 e. The Morgan fingerprint density at radius 3 is 1.41 bits per heavy atom. The smallest absolute Gasteiger partial charge is 0.870 e. The number of carboxylic acid groups (broad SMARTS) is 1. The fourth-order valence-electron chi connectivity index (χ4n) is 0.344. The second-order valence-corrected chi connectivity index (χ2v) is 5.10. The Bertz CT molecular complexity index is 481. The van der Waals surface area contributed by atoms with Crippen molar-refractivity contribution in [3.63, 3.8) is 0 Å². The van der Waals surface area contributed by atoms with Gasteiger partial charge in [0, 0.05) is 0 Å². The van der Waals surface area contributed by atoms with Crippen LogP contribution in [0.2, 0.25) is 0 Å². The van der Waals surface area contributed by atoms with Crippen molar-refractivity contribution in [2.24, 2.45) is 0 Å². The minimum Gasteiger partial charge on any atom is -0.870 e. The molecule has 0 saturated carbocycles. The quantitative estimate of drug-likeness (QED) is 0.116. The zero-order valence-corrected chi connectivity index (χ0v) is 22.1. The molecular formula is C5H9FINa3O10S2. The molecule has 0 saturated heterocycles. The van der Waals surface area contributed by atoms with Gasteiger partial charge in [0.2, 0.25) is 0 Å². The van der Waals surface area contributed by atoms with Crippen molar-refractivity contribution in [2.45, 2.75) is 0 Å². The van der Waals surface area contributed by atoms with Crippen molar-refractivity contribution in [3.05, 3.63) is 0 Å². The molecule has 0 unspecified atom stereocenters. The van der Waals surface area contributed by atoms with Gasteiger partial charge in [0.1, 0.15) is 10.1 Å². The summed E-state index contributed by atoms with van der Waals surface area (Å²) in [7, 11) is -8.37. The first-order chi connectivity index (χ1) is 7.37. The molecule has 0 aliphatic carbocycles. The Morgan fingerprint density at radius 2 is 1.36 bits per heavy atom. The zero-order valence-electron chi connectivity index (χ0n) is 12.1. The number of esters is 1. The van der Waals surface area contributed by atoms with Crippen LogP contribution in [-0.4, -0.2) is 57.4 Å². The van der Waals surface area contributed by atoms with Gasteiger partial charge >= 0.3 is 105 Å². The molecule has 0 aliphatic heterocycles. The maximum Gasteiger partial charge on any atom is 1.00 e. The average Bonchev–Trinajstić information content (AvgIpc) is 1.96.